The van der Waals surface area contributed by atoms with Crippen LogP contribution in [-0.2, 0) is 0 Å². The molecule has 0 unspecified atom stereocenters. The van der Waals surface area contributed by atoms with Crippen molar-refractivity contribution in [3.8, 4) is 28.2 Å². The molecule has 1 N–H and O–H groups in total. The van der Waals surface area contributed by atoms with Crippen molar-refractivity contribution >= 4 is 10.9 Å². The van der Waals surface area contributed by atoms with Gasteiger partial charge in [0.1, 0.15) is 0 Å². The zero-order valence-electron chi connectivity index (χ0n) is 14.1. The summed E-state index contributed by atoms with van der Waals surface area (Å²) in [7, 11) is 0. The molecule has 3 nitrogen and oxygen atoms in total. The minimum atomic E-state index is 1.05. The summed E-state index contributed by atoms with van der Waals surface area (Å²) in [5.41, 5.74) is 6.71. The van der Waals surface area contributed by atoms with Gasteiger partial charge in [-0.25, -0.2) is 4.68 Å². The summed E-state index contributed by atoms with van der Waals surface area (Å²) in [6.45, 7) is 0. The van der Waals surface area contributed by atoms with E-state index in [1.165, 1.54) is 16.5 Å². The molecule has 3 aromatic carbocycles. The van der Waals surface area contributed by atoms with Crippen LogP contribution in [0.25, 0.3) is 39.1 Å². The van der Waals surface area contributed by atoms with Crippen LogP contribution in [-0.4, -0.2) is 14.8 Å². The molecule has 0 bridgehead atoms. The highest BCUT2D eigenvalue weighted by Gasteiger charge is 2.18. The van der Waals surface area contributed by atoms with Crippen molar-refractivity contribution < 1.29 is 0 Å². The molecule has 0 aliphatic carbocycles. The lowest BCUT2D eigenvalue weighted by Gasteiger charge is -2.09. The van der Waals surface area contributed by atoms with Crippen molar-refractivity contribution in [2.75, 3.05) is 0 Å². The maximum Gasteiger partial charge on any atom is 0.0768 e. The second kappa shape index (κ2) is 6.05. The first kappa shape index (κ1) is 14.7. The Labute approximate surface area is 151 Å². The van der Waals surface area contributed by atoms with Crippen LogP contribution in [0.1, 0.15) is 0 Å². The Morgan fingerprint density at radius 2 is 1.38 bits per heavy atom. The average molecular weight is 335 g/mol. The fourth-order valence-corrected chi connectivity index (χ4v) is 3.50. The third-order valence-corrected chi connectivity index (χ3v) is 4.67. The molecule has 0 spiro atoms. The SMILES string of the molecule is c1ccc(-c2[nH]c3ccccc3c2-c2ccnn2-c2ccccc2)cc1. The minimum Gasteiger partial charge on any atom is -0.354 e. The summed E-state index contributed by atoms with van der Waals surface area (Å²) < 4.78 is 2.00. The van der Waals surface area contributed by atoms with Crippen LogP contribution in [0.15, 0.2) is 97.2 Å². The monoisotopic (exact) mass is 335 g/mol. The average Bonchev–Trinajstić information content (AvgIpc) is 3.33. The van der Waals surface area contributed by atoms with E-state index in [2.05, 4.69) is 76.8 Å². The smallest absolute Gasteiger partial charge is 0.0768 e. The third-order valence-electron chi connectivity index (χ3n) is 4.67. The summed E-state index contributed by atoms with van der Waals surface area (Å²) in [4.78, 5) is 3.61. The number of fused-ring (bicyclic) bond motifs is 1. The second-order valence-electron chi connectivity index (χ2n) is 6.25. The van der Waals surface area contributed by atoms with E-state index in [4.69, 9.17) is 0 Å². The molecule has 0 aliphatic heterocycles. The van der Waals surface area contributed by atoms with Crippen LogP contribution < -0.4 is 0 Å². The number of rotatable bonds is 3. The van der Waals surface area contributed by atoms with Crippen LogP contribution in [0.2, 0.25) is 0 Å². The van der Waals surface area contributed by atoms with E-state index >= 15 is 0 Å². The maximum absolute atomic E-state index is 4.59. The molecule has 0 atom stereocenters. The van der Waals surface area contributed by atoms with Crippen molar-refractivity contribution in [1.82, 2.24) is 14.8 Å². The highest BCUT2D eigenvalue weighted by molar-refractivity contribution is 6.03. The molecule has 0 saturated carbocycles. The quantitative estimate of drug-likeness (QED) is 0.451. The number of hydrogen-bond acceptors (Lipinski definition) is 1. The van der Waals surface area contributed by atoms with Crippen LogP contribution in [0.5, 0.6) is 0 Å². The Hall–Kier alpha value is -3.59. The number of nitrogens with one attached hydrogen (secondary N) is 1. The molecule has 26 heavy (non-hydrogen) atoms. The maximum atomic E-state index is 4.59. The zero-order chi connectivity index (χ0) is 17.3. The second-order valence-corrected chi connectivity index (χ2v) is 6.25. The standard InChI is InChI=1S/C23H17N3/c1-3-9-17(10-4-1)23-22(19-13-7-8-14-20(19)25-23)21-15-16-24-26(21)18-11-5-2-6-12-18/h1-16,25H. The molecule has 5 aromatic rings. The van der Waals surface area contributed by atoms with Gasteiger partial charge in [-0.05, 0) is 29.8 Å². The summed E-state index contributed by atoms with van der Waals surface area (Å²) in [6.07, 6.45) is 1.86. The number of nitrogens with zero attached hydrogens (tertiary/aromatic N) is 2. The number of hydrogen-bond donors (Lipinski definition) is 1. The number of benzene rings is 3. The number of aromatic amines is 1. The fraction of sp³-hybridized carbons (Fsp3) is 0. The first-order valence-electron chi connectivity index (χ1n) is 8.68. The van der Waals surface area contributed by atoms with Crippen molar-refractivity contribution in [3.63, 3.8) is 0 Å². The van der Waals surface area contributed by atoms with E-state index in [1.54, 1.807) is 0 Å². The van der Waals surface area contributed by atoms with Gasteiger partial charge in [0.2, 0.25) is 0 Å². The van der Waals surface area contributed by atoms with Gasteiger partial charge in [0, 0.05) is 16.5 Å². The number of H-pyrrole nitrogens is 1. The molecule has 2 heterocycles. The van der Waals surface area contributed by atoms with Crippen molar-refractivity contribution in [2.24, 2.45) is 0 Å². The van der Waals surface area contributed by atoms with Gasteiger partial charge in [0.15, 0.2) is 0 Å². The summed E-state index contributed by atoms with van der Waals surface area (Å²) in [5.74, 6) is 0. The van der Waals surface area contributed by atoms with Crippen molar-refractivity contribution in [2.45, 2.75) is 0 Å². The van der Waals surface area contributed by atoms with E-state index in [0.717, 1.165) is 22.6 Å². The predicted octanol–water partition coefficient (Wildman–Crippen LogP) is 5.69. The van der Waals surface area contributed by atoms with Crippen LogP contribution in [0.3, 0.4) is 0 Å². The molecule has 0 fully saturated rings. The molecule has 0 radical (unpaired) electrons. The molecule has 0 saturated heterocycles. The Balaban J connectivity index is 1.82. The fourth-order valence-electron chi connectivity index (χ4n) is 3.50. The van der Waals surface area contributed by atoms with E-state index in [-0.39, 0.29) is 0 Å². The Bertz CT molecular complexity index is 1170. The van der Waals surface area contributed by atoms with Crippen LogP contribution in [0, 0.1) is 0 Å². The summed E-state index contributed by atoms with van der Waals surface area (Å²) in [5, 5.41) is 5.78. The van der Waals surface area contributed by atoms with Gasteiger partial charge in [-0.15, -0.1) is 0 Å². The normalized spacial score (nSPS) is 11.1. The molecule has 124 valence electrons. The third kappa shape index (κ3) is 2.33. The van der Waals surface area contributed by atoms with E-state index in [1.807, 2.05) is 35.1 Å². The minimum absolute atomic E-state index is 1.05. The molecule has 0 aliphatic rings. The zero-order valence-corrected chi connectivity index (χ0v) is 14.1. The van der Waals surface area contributed by atoms with Crippen molar-refractivity contribution in [1.29, 1.82) is 0 Å². The van der Waals surface area contributed by atoms with Gasteiger partial charge in [-0.3, -0.25) is 0 Å². The Kier molecular flexibility index (Phi) is 3.42. The lowest BCUT2D eigenvalue weighted by molar-refractivity contribution is 0.889. The first-order chi connectivity index (χ1) is 12.9. The molecule has 3 heteroatoms. The highest BCUT2D eigenvalue weighted by atomic mass is 15.3. The van der Waals surface area contributed by atoms with Gasteiger partial charge in [-0.2, -0.15) is 5.10 Å². The Morgan fingerprint density at radius 3 is 2.19 bits per heavy atom. The van der Waals surface area contributed by atoms with Gasteiger partial charge >= 0.3 is 0 Å². The number of para-hydroxylation sites is 2. The van der Waals surface area contributed by atoms with Crippen LogP contribution in [0.4, 0.5) is 0 Å². The number of aromatic nitrogens is 3. The molecule has 5 rings (SSSR count). The molecular weight excluding hydrogens is 318 g/mol. The summed E-state index contributed by atoms with van der Waals surface area (Å²) >= 11 is 0. The van der Waals surface area contributed by atoms with Gasteiger partial charge in [0.25, 0.3) is 0 Å². The van der Waals surface area contributed by atoms with E-state index in [9.17, 15) is 0 Å². The topological polar surface area (TPSA) is 33.6 Å². The van der Waals surface area contributed by atoms with Gasteiger partial charge < -0.3 is 4.98 Å². The van der Waals surface area contributed by atoms with Gasteiger partial charge in [0.05, 0.1) is 23.3 Å². The molecule has 2 aromatic heterocycles. The highest BCUT2D eigenvalue weighted by Crippen LogP contribution is 2.38. The van der Waals surface area contributed by atoms with Crippen LogP contribution >= 0.6 is 0 Å². The predicted molar refractivity (Wildman–Crippen MR) is 106 cm³/mol. The largest absolute Gasteiger partial charge is 0.354 e. The Morgan fingerprint density at radius 1 is 0.692 bits per heavy atom. The van der Waals surface area contributed by atoms with Crippen molar-refractivity contribution in [3.05, 3.63) is 97.2 Å². The summed E-state index contributed by atoms with van der Waals surface area (Å²) in [6, 6.07) is 31.2. The first-order valence-corrected chi connectivity index (χ1v) is 8.68. The van der Waals surface area contributed by atoms with E-state index in [0.29, 0.717) is 0 Å². The van der Waals surface area contributed by atoms with E-state index < -0.39 is 0 Å². The molecule has 0 amide bonds. The lowest BCUT2D eigenvalue weighted by Crippen LogP contribution is -1.98. The lowest BCUT2D eigenvalue weighted by atomic mass is 10.0. The molecular formula is C23H17N3. The van der Waals surface area contributed by atoms with Gasteiger partial charge in [-0.1, -0.05) is 66.7 Å².